The van der Waals surface area contributed by atoms with Crippen LogP contribution in [0.15, 0.2) is 78.7 Å². The first kappa shape index (κ1) is 29.1. The van der Waals surface area contributed by atoms with Crippen LogP contribution in [0, 0.1) is 6.92 Å². The largest absolute Gasteiger partial charge is 0.499 e. The van der Waals surface area contributed by atoms with Gasteiger partial charge in [-0.1, -0.05) is 42.5 Å². The van der Waals surface area contributed by atoms with E-state index in [1.54, 1.807) is 7.11 Å². The average molecular weight is 594 g/mol. The molecule has 0 N–H and O–H groups in total. The quantitative estimate of drug-likeness (QED) is 0.311. The van der Waals surface area contributed by atoms with Gasteiger partial charge in [0.05, 0.1) is 24.7 Å². The molecule has 1 aromatic heterocycles. The van der Waals surface area contributed by atoms with E-state index in [0.717, 1.165) is 56.0 Å². The third-order valence-electron chi connectivity index (χ3n) is 11.3. The molecule has 7 rings (SSSR count). The lowest BCUT2D eigenvalue weighted by molar-refractivity contribution is -0.137. The van der Waals surface area contributed by atoms with Gasteiger partial charge in [-0.05, 0) is 101 Å². The molecule has 1 amide bonds. The smallest absolute Gasteiger partial charge is 0.244 e. The van der Waals surface area contributed by atoms with Crippen LogP contribution in [0.3, 0.4) is 0 Å². The Bertz CT molecular complexity index is 1520. The second-order valence-corrected chi connectivity index (χ2v) is 13.5. The summed E-state index contributed by atoms with van der Waals surface area (Å²) in [7, 11) is 1.69. The standard InChI is InChI=1S/C37H47N5O2/c1-27(40-20-9-12-33(26-40)44-3)36(43)39-21-17-37(18-22-39,29-10-5-4-6-11-29)19-23-41-30-15-16-31(41)25-32(24-30)42-28(2)38-34-13-7-8-14-35(34)42/h4-14,20,27,30-32H,15-19,21-26H2,1-3H3/t27?,30-,31+,32?. The van der Waals surface area contributed by atoms with Gasteiger partial charge in [0.1, 0.15) is 17.6 Å². The summed E-state index contributed by atoms with van der Waals surface area (Å²) < 4.78 is 7.98. The number of methoxy groups -OCH3 is 1. The van der Waals surface area contributed by atoms with Crippen molar-refractivity contribution in [2.24, 2.45) is 0 Å². The summed E-state index contributed by atoms with van der Waals surface area (Å²) in [6, 6.07) is 21.4. The summed E-state index contributed by atoms with van der Waals surface area (Å²) in [5, 5.41) is 0. The van der Waals surface area contributed by atoms with Gasteiger partial charge in [-0.2, -0.15) is 0 Å². The minimum Gasteiger partial charge on any atom is -0.499 e. The molecule has 0 spiro atoms. The first-order valence-corrected chi connectivity index (χ1v) is 16.7. The highest BCUT2D eigenvalue weighted by atomic mass is 16.5. The molecule has 0 aliphatic carbocycles. The van der Waals surface area contributed by atoms with Crippen LogP contribution in [0.1, 0.15) is 69.3 Å². The third kappa shape index (κ3) is 5.33. The van der Waals surface area contributed by atoms with Crippen molar-refractivity contribution in [3.63, 3.8) is 0 Å². The molecule has 44 heavy (non-hydrogen) atoms. The predicted molar refractivity (Wildman–Crippen MR) is 175 cm³/mol. The van der Waals surface area contributed by atoms with Gasteiger partial charge in [-0.25, -0.2) is 4.98 Å². The molecule has 4 aliphatic rings. The van der Waals surface area contributed by atoms with E-state index in [1.807, 2.05) is 25.3 Å². The minimum absolute atomic E-state index is 0.103. The number of aromatic nitrogens is 2. The van der Waals surface area contributed by atoms with Crippen molar-refractivity contribution in [3.05, 3.63) is 90.1 Å². The van der Waals surface area contributed by atoms with Crippen molar-refractivity contribution < 1.29 is 9.53 Å². The van der Waals surface area contributed by atoms with E-state index in [0.29, 0.717) is 24.7 Å². The van der Waals surface area contributed by atoms with Crippen LogP contribution in [0.25, 0.3) is 11.0 Å². The molecule has 2 unspecified atom stereocenters. The second kappa shape index (κ2) is 12.1. The molecule has 2 bridgehead atoms. The van der Waals surface area contributed by atoms with Crippen LogP contribution < -0.4 is 0 Å². The number of nitrogens with zero attached hydrogens (tertiary/aromatic N) is 5. The summed E-state index contributed by atoms with van der Waals surface area (Å²) in [5.74, 6) is 2.26. The zero-order valence-corrected chi connectivity index (χ0v) is 26.6. The number of aryl methyl sites for hydroxylation is 1. The number of rotatable bonds is 8. The van der Waals surface area contributed by atoms with Gasteiger partial charge in [-0.15, -0.1) is 0 Å². The van der Waals surface area contributed by atoms with Crippen LogP contribution in [0.4, 0.5) is 0 Å². The highest BCUT2D eigenvalue weighted by Gasteiger charge is 2.44. The number of imidazole rings is 1. The number of hydrogen-bond donors (Lipinski definition) is 0. The molecule has 0 saturated carbocycles. The summed E-state index contributed by atoms with van der Waals surface area (Å²) in [6.07, 6.45) is 14.2. The summed E-state index contributed by atoms with van der Waals surface area (Å²) >= 11 is 0. The van der Waals surface area contributed by atoms with Crippen molar-refractivity contribution in [1.29, 1.82) is 0 Å². The molecule has 7 nitrogen and oxygen atoms in total. The number of hydrogen-bond acceptors (Lipinski definition) is 5. The first-order valence-electron chi connectivity index (χ1n) is 16.7. The normalized spacial score (nSPS) is 25.7. The Morgan fingerprint density at radius 3 is 2.43 bits per heavy atom. The van der Waals surface area contributed by atoms with Crippen LogP contribution in [0.5, 0.6) is 0 Å². The van der Waals surface area contributed by atoms with Gasteiger partial charge >= 0.3 is 0 Å². The van der Waals surface area contributed by atoms with Gasteiger partial charge in [0.25, 0.3) is 0 Å². The lowest BCUT2D eigenvalue weighted by Crippen LogP contribution is -2.52. The van der Waals surface area contributed by atoms with Gasteiger partial charge < -0.3 is 19.1 Å². The predicted octanol–water partition coefficient (Wildman–Crippen LogP) is 6.21. The van der Waals surface area contributed by atoms with Gasteiger partial charge in [-0.3, -0.25) is 9.69 Å². The molecule has 4 atom stereocenters. The lowest BCUT2D eigenvalue weighted by Gasteiger charge is -2.46. The van der Waals surface area contributed by atoms with Crippen LogP contribution in [0.2, 0.25) is 0 Å². The topological polar surface area (TPSA) is 53.8 Å². The number of carbonyl (C=O) groups is 1. The van der Waals surface area contributed by atoms with Gasteiger partial charge in [0.15, 0.2) is 0 Å². The number of para-hydroxylation sites is 2. The fourth-order valence-corrected chi connectivity index (χ4v) is 8.77. The van der Waals surface area contributed by atoms with E-state index in [-0.39, 0.29) is 17.4 Å². The van der Waals surface area contributed by atoms with Crippen molar-refractivity contribution >= 4 is 16.9 Å². The van der Waals surface area contributed by atoms with Crippen molar-refractivity contribution in [2.75, 3.05) is 33.3 Å². The van der Waals surface area contributed by atoms with Gasteiger partial charge in [0, 0.05) is 37.4 Å². The molecule has 7 heteroatoms. The van der Waals surface area contributed by atoms with E-state index >= 15 is 0 Å². The van der Waals surface area contributed by atoms with Crippen molar-refractivity contribution in [3.8, 4) is 0 Å². The third-order valence-corrected chi connectivity index (χ3v) is 11.3. The number of piperidine rings is 2. The van der Waals surface area contributed by atoms with E-state index in [9.17, 15) is 4.79 Å². The zero-order chi connectivity index (χ0) is 30.3. The number of carbonyl (C=O) groups excluding carboxylic acids is 1. The maximum Gasteiger partial charge on any atom is 0.244 e. The number of fused-ring (bicyclic) bond motifs is 3. The molecule has 2 aromatic carbocycles. The van der Waals surface area contributed by atoms with Crippen LogP contribution in [-0.2, 0) is 14.9 Å². The molecule has 3 fully saturated rings. The maximum absolute atomic E-state index is 13.6. The Balaban J connectivity index is 1.03. The molecule has 232 valence electrons. The number of benzene rings is 2. The molecule has 4 aliphatic heterocycles. The molecular formula is C37H47N5O2. The molecule has 3 saturated heterocycles. The monoisotopic (exact) mass is 593 g/mol. The number of likely N-dealkylation sites (tertiary alicyclic amines) is 1. The average Bonchev–Trinajstić information content (AvgIpc) is 3.53. The lowest BCUT2D eigenvalue weighted by atomic mass is 9.70. The SMILES string of the molecule is COC1=CC=CN(C(C)C(=O)N2CCC(CCN3[C@@H]4CC[C@H]3CC(n3c(C)nc5ccccc53)C4)(c3ccccc3)CC2)C1. The Labute approximate surface area is 262 Å². The fraction of sp³-hybridized carbons (Fsp3) is 0.514. The number of allylic oxidation sites excluding steroid dienone is 2. The van der Waals surface area contributed by atoms with Crippen molar-refractivity contribution in [1.82, 2.24) is 24.3 Å². The van der Waals surface area contributed by atoms with Crippen LogP contribution >= 0.6 is 0 Å². The number of ether oxygens (including phenoxy) is 1. The fourth-order valence-electron chi connectivity index (χ4n) is 8.77. The summed E-state index contributed by atoms with van der Waals surface area (Å²) in [5.41, 5.74) is 3.95. The van der Waals surface area contributed by atoms with E-state index in [1.165, 1.54) is 36.8 Å². The highest BCUT2D eigenvalue weighted by molar-refractivity contribution is 5.82. The second-order valence-electron chi connectivity index (χ2n) is 13.5. The Hall–Kier alpha value is -3.58. The van der Waals surface area contributed by atoms with Gasteiger partial charge in [0.2, 0.25) is 5.91 Å². The van der Waals surface area contributed by atoms with Crippen LogP contribution in [-0.4, -0.2) is 81.6 Å². The first-order chi connectivity index (χ1) is 21.5. The highest BCUT2D eigenvalue weighted by Crippen LogP contribution is 2.45. The van der Waals surface area contributed by atoms with E-state index in [2.05, 4.69) is 80.8 Å². The minimum atomic E-state index is -0.206. The molecular weight excluding hydrogens is 546 g/mol. The molecule has 0 radical (unpaired) electrons. The molecule has 3 aromatic rings. The Morgan fingerprint density at radius 1 is 1.00 bits per heavy atom. The summed E-state index contributed by atoms with van der Waals surface area (Å²) in [6.45, 7) is 7.59. The Morgan fingerprint density at radius 2 is 1.70 bits per heavy atom. The van der Waals surface area contributed by atoms with Crippen molar-refractivity contribution in [2.45, 2.75) is 88.4 Å². The van der Waals surface area contributed by atoms with E-state index < -0.39 is 0 Å². The van der Waals surface area contributed by atoms with E-state index in [4.69, 9.17) is 9.72 Å². The molecule has 5 heterocycles. The summed E-state index contributed by atoms with van der Waals surface area (Å²) in [4.78, 5) is 25.6. The maximum atomic E-state index is 13.6. The number of amides is 1. The zero-order valence-electron chi connectivity index (χ0n) is 26.6. The Kier molecular flexibility index (Phi) is 8.00.